The second-order valence-electron chi connectivity index (χ2n) is 14.2. The van der Waals surface area contributed by atoms with Crippen LogP contribution < -0.4 is 4.74 Å². The third-order valence-electron chi connectivity index (χ3n) is 9.72. The number of para-hydroxylation sites is 1. The van der Waals surface area contributed by atoms with Crippen LogP contribution in [0.1, 0.15) is 61.6 Å². The number of aliphatic hydroxyl groups is 5. The number of likely N-dealkylation sites (N-methyl/N-ethyl adjacent to an activating group) is 1. The number of pyridine rings is 1. The fraction of sp³-hybridized carbons (Fsp3) is 0.538. The van der Waals surface area contributed by atoms with Gasteiger partial charge in [0.25, 0.3) is 0 Å². The lowest BCUT2D eigenvalue weighted by atomic mass is 9.96. The van der Waals surface area contributed by atoms with Crippen molar-refractivity contribution in [2.75, 3.05) is 40.3 Å². The number of amides is 1. The van der Waals surface area contributed by atoms with Gasteiger partial charge < -0.3 is 44.8 Å². The highest BCUT2D eigenvalue weighted by Gasteiger charge is 2.48. The molecule has 0 aliphatic heterocycles. The number of benzene rings is 2. The lowest BCUT2D eigenvalue weighted by molar-refractivity contribution is -0.140. The predicted molar refractivity (Wildman–Crippen MR) is 199 cm³/mol. The molecule has 0 radical (unpaired) electrons. The van der Waals surface area contributed by atoms with Gasteiger partial charge in [0.2, 0.25) is 5.91 Å². The van der Waals surface area contributed by atoms with Crippen molar-refractivity contribution >= 4 is 29.1 Å². The smallest absolute Gasteiger partial charge is 0.222 e. The molecule has 1 heterocycles. The maximum Gasteiger partial charge on any atom is 0.222 e. The van der Waals surface area contributed by atoms with E-state index < -0.39 is 36.6 Å². The summed E-state index contributed by atoms with van der Waals surface area (Å²) in [5, 5.41) is 50.6. The van der Waals surface area contributed by atoms with Crippen molar-refractivity contribution in [3.8, 4) is 16.9 Å². The average Bonchev–Trinajstić information content (AvgIpc) is 4.09. The minimum absolute atomic E-state index is 0.199. The Balaban J connectivity index is 1.16. The Bertz CT molecular complexity index is 1640. The van der Waals surface area contributed by atoms with Crippen LogP contribution in [0.2, 0.25) is 10.0 Å². The number of nitrogens with zero attached hydrogens (tertiary/aromatic N) is 3. The zero-order valence-electron chi connectivity index (χ0n) is 29.8. The second-order valence-corrected chi connectivity index (χ2v) is 15.0. The van der Waals surface area contributed by atoms with Crippen molar-refractivity contribution in [2.24, 2.45) is 0 Å². The monoisotopic (exact) mass is 759 g/mol. The highest BCUT2D eigenvalue weighted by atomic mass is 35.5. The number of carbonyl (C=O) groups excluding carboxylic acids is 1. The highest BCUT2D eigenvalue weighted by Crippen LogP contribution is 2.53. The Morgan fingerprint density at radius 1 is 0.942 bits per heavy atom. The third-order valence-corrected chi connectivity index (χ3v) is 10.4. The van der Waals surface area contributed by atoms with Crippen LogP contribution in [0, 0.1) is 0 Å². The van der Waals surface area contributed by atoms with Crippen molar-refractivity contribution in [1.82, 2.24) is 14.8 Å². The highest BCUT2D eigenvalue weighted by molar-refractivity contribution is 6.34. The summed E-state index contributed by atoms with van der Waals surface area (Å²) in [5.41, 5.74) is 4.28. The summed E-state index contributed by atoms with van der Waals surface area (Å²) in [5.74, 6) is 0.655. The van der Waals surface area contributed by atoms with E-state index >= 15 is 0 Å². The van der Waals surface area contributed by atoms with Crippen LogP contribution in [0.4, 0.5) is 0 Å². The van der Waals surface area contributed by atoms with Gasteiger partial charge in [-0.05, 0) is 100.0 Å². The number of rotatable bonds is 21. The lowest BCUT2D eigenvalue weighted by Gasteiger charge is -2.31. The molecule has 2 aliphatic carbocycles. The van der Waals surface area contributed by atoms with Crippen LogP contribution in [-0.2, 0) is 28.2 Å². The first kappa shape index (κ1) is 40.3. The van der Waals surface area contributed by atoms with Crippen molar-refractivity contribution in [1.29, 1.82) is 0 Å². The molecule has 5 N–H and O–H groups in total. The first-order valence-electron chi connectivity index (χ1n) is 18.0. The molecule has 2 aliphatic rings. The minimum atomic E-state index is -1.76. The van der Waals surface area contributed by atoms with E-state index in [-0.39, 0.29) is 31.6 Å². The normalized spacial score (nSPS) is 17.4. The van der Waals surface area contributed by atoms with Crippen LogP contribution in [0.15, 0.2) is 54.9 Å². The van der Waals surface area contributed by atoms with E-state index in [1.807, 2.05) is 61.6 Å². The number of ether oxygens (including phenoxy) is 2. The minimum Gasteiger partial charge on any atom is -0.490 e. The van der Waals surface area contributed by atoms with E-state index in [4.69, 9.17) is 37.8 Å². The molecule has 0 spiro atoms. The number of hydrogen-bond acceptors (Lipinski definition) is 10. The fourth-order valence-electron chi connectivity index (χ4n) is 6.19. The first-order valence-corrected chi connectivity index (χ1v) is 18.7. The van der Waals surface area contributed by atoms with Crippen LogP contribution in [-0.4, -0.2) is 117 Å². The number of aromatic nitrogens is 1. The van der Waals surface area contributed by atoms with Crippen LogP contribution in [0.5, 0.6) is 5.75 Å². The van der Waals surface area contributed by atoms with Gasteiger partial charge in [-0.2, -0.15) is 0 Å². The van der Waals surface area contributed by atoms with Gasteiger partial charge in [-0.3, -0.25) is 9.78 Å². The molecule has 1 aromatic heterocycles. The number of aliphatic hydroxyl groups excluding tert-OH is 5. The topological polar surface area (TPSA) is 156 Å². The SMILES string of the molecule is CN(C)CCN(CC(O)C(O)C(O)C(O)CO)C(=O)CCCCc1cc(Cl)c(COC2(c3cnccc3-c3ccccc3OC3CC3)CC2)cc1Cl. The second kappa shape index (κ2) is 18.5. The molecule has 2 saturated carbocycles. The van der Waals surface area contributed by atoms with Gasteiger partial charge >= 0.3 is 0 Å². The molecule has 4 atom stereocenters. The molecular formula is C39H51Cl2N3O8. The Morgan fingerprint density at radius 2 is 1.63 bits per heavy atom. The molecule has 52 heavy (non-hydrogen) atoms. The molecule has 13 heteroatoms. The Kier molecular flexibility index (Phi) is 14.3. The van der Waals surface area contributed by atoms with E-state index in [2.05, 4.69) is 11.1 Å². The van der Waals surface area contributed by atoms with E-state index in [1.165, 1.54) is 4.90 Å². The van der Waals surface area contributed by atoms with E-state index in [9.17, 15) is 25.2 Å². The summed E-state index contributed by atoms with van der Waals surface area (Å²) in [6.45, 7) is 0.0834. The summed E-state index contributed by atoms with van der Waals surface area (Å²) < 4.78 is 12.8. The van der Waals surface area contributed by atoms with E-state index in [0.29, 0.717) is 42.4 Å². The van der Waals surface area contributed by atoms with Crippen molar-refractivity contribution in [3.63, 3.8) is 0 Å². The van der Waals surface area contributed by atoms with Crippen LogP contribution in [0.25, 0.3) is 11.1 Å². The Hall–Kier alpha value is -2.84. The molecule has 5 rings (SSSR count). The Morgan fingerprint density at radius 3 is 2.33 bits per heavy atom. The molecule has 0 bridgehead atoms. The van der Waals surface area contributed by atoms with Crippen molar-refractivity contribution in [2.45, 2.75) is 94.1 Å². The van der Waals surface area contributed by atoms with Gasteiger partial charge in [-0.25, -0.2) is 0 Å². The maximum atomic E-state index is 13.2. The lowest BCUT2D eigenvalue weighted by Crippen LogP contribution is -2.51. The third kappa shape index (κ3) is 10.6. The summed E-state index contributed by atoms with van der Waals surface area (Å²) in [6.07, 6.45) is 3.21. The molecule has 0 saturated heterocycles. The van der Waals surface area contributed by atoms with Crippen molar-refractivity contribution < 1.29 is 39.8 Å². The fourth-order valence-corrected chi connectivity index (χ4v) is 6.71. The number of halogens is 2. The molecule has 11 nitrogen and oxygen atoms in total. The first-order chi connectivity index (χ1) is 24.9. The quantitative estimate of drug-likeness (QED) is 0.0991. The molecule has 2 fully saturated rings. The molecule has 4 unspecified atom stereocenters. The van der Waals surface area contributed by atoms with Gasteiger partial charge in [0, 0.05) is 59.6 Å². The van der Waals surface area contributed by atoms with Crippen molar-refractivity contribution in [3.05, 3.63) is 81.6 Å². The van der Waals surface area contributed by atoms with Gasteiger partial charge in [0.1, 0.15) is 30.2 Å². The van der Waals surface area contributed by atoms with Gasteiger partial charge in [0.15, 0.2) is 0 Å². The van der Waals surface area contributed by atoms with Gasteiger partial charge in [-0.15, -0.1) is 0 Å². The van der Waals surface area contributed by atoms with Gasteiger partial charge in [-0.1, -0.05) is 41.4 Å². The zero-order valence-corrected chi connectivity index (χ0v) is 31.3. The van der Waals surface area contributed by atoms with Gasteiger partial charge in [0.05, 0.1) is 24.9 Å². The summed E-state index contributed by atoms with van der Waals surface area (Å²) in [7, 11) is 3.71. The molecular weight excluding hydrogens is 709 g/mol. The standard InChI is InChI=1S/C39H51Cl2N3O8/c1-43(2)17-18-44(22-33(46)37(49)38(50)34(47)23-45)36(48)10-6-3-7-25-19-32(41)26(20-31(25)40)24-51-39(14-15-39)30-21-42-16-13-28(30)29-8-4-5-9-35(29)52-27-11-12-27/h4-5,8-9,13,16,19-21,27,33-34,37-38,45-47,49-50H,3,6-7,10-12,14-15,17-18,22-24H2,1-2H3. The maximum absolute atomic E-state index is 13.2. The number of aryl methyl sites for hydroxylation is 1. The largest absolute Gasteiger partial charge is 0.490 e. The molecule has 284 valence electrons. The zero-order chi connectivity index (χ0) is 37.4. The van der Waals surface area contributed by atoms with E-state index in [1.54, 1.807) is 6.20 Å². The summed E-state index contributed by atoms with van der Waals surface area (Å²) in [6, 6.07) is 13.8. The molecule has 3 aromatic rings. The van der Waals surface area contributed by atoms with Crippen LogP contribution in [0.3, 0.4) is 0 Å². The number of carbonyl (C=O) groups is 1. The van der Waals surface area contributed by atoms with E-state index in [0.717, 1.165) is 59.3 Å². The average molecular weight is 761 g/mol. The summed E-state index contributed by atoms with van der Waals surface area (Å²) in [4.78, 5) is 20.9. The summed E-state index contributed by atoms with van der Waals surface area (Å²) >= 11 is 13.5. The Labute approximate surface area is 315 Å². The van der Waals surface area contributed by atoms with Crippen LogP contribution >= 0.6 is 23.2 Å². The predicted octanol–water partition coefficient (Wildman–Crippen LogP) is 4.34. The number of hydrogen-bond donors (Lipinski definition) is 5. The molecule has 1 amide bonds. The number of unbranched alkanes of at least 4 members (excludes halogenated alkanes) is 1. The molecule has 2 aromatic carbocycles.